The zero-order chi connectivity index (χ0) is 15.2. The Morgan fingerprint density at radius 3 is 2.19 bits per heavy atom. The number of para-hydroxylation sites is 1. The number of carboxylic acid groups (broad SMARTS) is 1. The van der Waals surface area contributed by atoms with E-state index in [1.165, 1.54) is 0 Å². The Morgan fingerprint density at radius 2 is 1.67 bits per heavy atom. The average Bonchev–Trinajstić information content (AvgIpc) is 2.48. The van der Waals surface area contributed by atoms with Gasteiger partial charge in [0, 0.05) is 12.1 Å². The van der Waals surface area contributed by atoms with Gasteiger partial charge in [0.2, 0.25) is 0 Å². The van der Waals surface area contributed by atoms with E-state index in [0.717, 1.165) is 11.3 Å². The third kappa shape index (κ3) is 4.34. The van der Waals surface area contributed by atoms with E-state index >= 15 is 0 Å². The van der Waals surface area contributed by atoms with E-state index in [4.69, 9.17) is 10.0 Å². The summed E-state index contributed by atoms with van der Waals surface area (Å²) in [4.78, 5) is 11.3. The van der Waals surface area contributed by atoms with Gasteiger partial charge in [-0.2, -0.15) is 0 Å². The number of carboxylic acids is 1. The van der Waals surface area contributed by atoms with Gasteiger partial charge in [-0.3, -0.25) is 0 Å². The van der Waals surface area contributed by atoms with Crippen LogP contribution in [0.5, 0.6) is 0 Å². The summed E-state index contributed by atoms with van der Waals surface area (Å²) in [5.41, 5.74) is 1.92. The molecule has 1 atom stereocenters. The molecule has 0 aliphatic rings. The molecule has 0 aliphatic carbocycles. The summed E-state index contributed by atoms with van der Waals surface area (Å²) in [5, 5.41) is 30.3. The van der Waals surface area contributed by atoms with Gasteiger partial charge in [0.1, 0.15) is 6.04 Å². The number of rotatable bonds is 6. The van der Waals surface area contributed by atoms with Gasteiger partial charge < -0.3 is 20.5 Å². The number of aliphatic carboxylic acids is 1. The zero-order valence-electron chi connectivity index (χ0n) is 11.3. The first-order valence-corrected chi connectivity index (χ1v) is 6.55. The molecule has 5 nitrogen and oxygen atoms in total. The number of hydrogen-bond acceptors (Lipinski definition) is 4. The lowest BCUT2D eigenvalue weighted by atomic mass is 9.80. The highest BCUT2D eigenvalue weighted by Gasteiger charge is 2.18. The summed E-state index contributed by atoms with van der Waals surface area (Å²) >= 11 is 0. The molecule has 0 aromatic heterocycles. The third-order valence-corrected chi connectivity index (χ3v) is 3.13. The van der Waals surface area contributed by atoms with Crippen LogP contribution in [0.4, 0.5) is 5.69 Å². The Morgan fingerprint density at radius 1 is 1.05 bits per heavy atom. The maximum absolute atomic E-state index is 11.3. The van der Waals surface area contributed by atoms with Crippen molar-refractivity contribution in [2.24, 2.45) is 0 Å². The minimum absolute atomic E-state index is 0.298. The molecule has 1 unspecified atom stereocenters. The predicted molar refractivity (Wildman–Crippen MR) is 81.5 cm³/mol. The Kier molecular flexibility index (Phi) is 4.97. The van der Waals surface area contributed by atoms with Crippen molar-refractivity contribution in [3.05, 3.63) is 60.2 Å². The van der Waals surface area contributed by atoms with Crippen LogP contribution in [0.2, 0.25) is 0 Å². The van der Waals surface area contributed by atoms with E-state index in [0.29, 0.717) is 11.9 Å². The van der Waals surface area contributed by atoms with E-state index in [1.54, 1.807) is 36.4 Å². The van der Waals surface area contributed by atoms with Crippen molar-refractivity contribution in [3.8, 4) is 0 Å². The Labute approximate surface area is 123 Å². The van der Waals surface area contributed by atoms with E-state index in [2.05, 4.69) is 5.32 Å². The molecule has 0 amide bonds. The summed E-state index contributed by atoms with van der Waals surface area (Å²) in [6.07, 6.45) is 0.298. The minimum Gasteiger partial charge on any atom is -0.480 e. The molecule has 21 heavy (non-hydrogen) atoms. The average molecular weight is 285 g/mol. The highest BCUT2D eigenvalue weighted by molar-refractivity contribution is 6.58. The van der Waals surface area contributed by atoms with E-state index < -0.39 is 19.1 Å². The summed E-state index contributed by atoms with van der Waals surface area (Å²) in [5.74, 6) is -0.940. The molecule has 0 fully saturated rings. The van der Waals surface area contributed by atoms with Crippen LogP contribution in [0.3, 0.4) is 0 Å². The van der Waals surface area contributed by atoms with Crippen molar-refractivity contribution in [2.45, 2.75) is 12.5 Å². The fraction of sp³-hybridized carbons (Fsp3) is 0.133. The quantitative estimate of drug-likeness (QED) is 0.579. The maximum atomic E-state index is 11.3. The first-order chi connectivity index (χ1) is 10.1. The predicted octanol–water partition coefficient (Wildman–Crippen LogP) is 0.474. The Hall–Kier alpha value is -2.31. The first-order valence-electron chi connectivity index (χ1n) is 6.55. The van der Waals surface area contributed by atoms with Crippen LogP contribution >= 0.6 is 0 Å². The minimum atomic E-state index is -1.52. The van der Waals surface area contributed by atoms with Gasteiger partial charge in [0.05, 0.1) is 0 Å². The highest BCUT2D eigenvalue weighted by Crippen LogP contribution is 2.11. The molecular formula is C15H16BNO4. The van der Waals surface area contributed by atoms with Crippen molar-refractivity contribution >= 4 is 24.2 Å². The summed E-state index contributed by atoms with van der Waals surface area (Å²) in [7, 11) is -1.52. The maximum Gasteiger partial charge on any atom is 0.488 e. The molecule has 0 spiro atoms. The summed E-state index contributed by atoms with van der Waals surface area (Å²) < 4.78 is 0. The highest BCUT2D eigenvalue weighted by atomic mass is 16.4. The lowest BCUT2D eigenvalue weighted by molar-refractivity contribution is -0.137. The third-order valence-electron chi connectivity index (χ3n) is 3.13. The molecule has 2 rings (SSSR count). The fourth-order valence-corrected chi connectivity index (χ4v) is 2.00. The lowest BCUT2D eigenvalue weighted by Crippen LogP contribution is -2.32. The molecule has 0 bridgehead atoms. The van der Waals surface area contributed by atoms with Crippen molar-refractivity contribution in [3.63, 3.8) is 0 Å². The van der Waals surface area contributed by atoms with Crippen molar-refractivity contribution in [2.75, 3.05) is 5.32 Å². The molecule has 0 heterocycles. The standard InChI is InChI=1S/C15H16BNO4/c18-15(19)14(17-13-4-2-1-3-5-13)10-11-6-8-12(9-7-11)16(20)21/h1-9,14,17,20-21H,10H2,(H,18,19). The second-order valence-electron chi connectivity index (χ2n) is 4.72. The van der Waals surface area contributed by atoms with Crippen LogP contribution in [0.25, 0.3) is 0 Å². The topological polar surface area (TPSA) is 89.8 Å². The summed E-state index contributed by atoms with van der Waals surface area (Å²) in [6, 6.07) is 14.9. The summed E-state index contributed by atoms with van der Waals surface area (Å²) in [6.45, 7) is 0. The number of nitrogens with one attached hydrogen (secondary N) is 1. The molecule has 108 valence electrons. The Balaban J connectivity index is 2.07. The molecule has 0 radical (unpaired) electrons. The van der Waals surface area contributed by atoms with Crippen LogP contribution in [-0.4, -0.2) is 34.3 Å². The number of benzene rings is 2. The molecule has 4 N–H and O–H groups in total. The van der Waals surface area contributed by atoms with Crippen molar-refractivity contribution < 1.29 is 19.9 Å². The molecule has 0 saturated heterocycles. The van der Waals surface area contributed by atoms with Gasteiger partial charge in [-0.25, -0.2) is 4.79 Å². The number of hydrogen-bond donors (Lipinski definition) is 4. The van der Waals surface area contributed by atoms with Gasteiger partial charge in [-0.15, -0.1) is 0 Å². The van der Waals surface area contributed by atoms with Gasteiger partial charge in [0.25, 0.3) is 0 Å². The molecule has 0 saturated carbocycles. The lowest BCUT2D eigenvalue weighted by Gasteiger charge is -2.16. The van der Waals surface area contributed by atoms with Crippen LogP contribution in [0, 0.1) is 0 Å². The zero-order valence-corrected chi connectivity index (χ0v) is 11.3. The van der Waals surface area contributed by atoms with Crippen LogP contribution in [0.15, 0.2) is 54.6 Å². The Bertz CT molecular complexity index is 586. The molecule has 2 aromatic rings. The monoisotopic (exact) mass is 285 g/mol. The van der Waals surface area contributed by atoms with Crippen LogP contribution in [0.1, 0.15) is 5.56 Å². The van der Waals surface area contributed by atoms with E-state index in [-0.39, 0.29) is 0 Å². The number of carbonyl (C=O) groups is 1. The van der Waals surface area contributed by atoms with Gasteiger partial charge in [-0.05, 0) is 23.2 Å². The molecule has 0 aliphatic heterocycles. The fourth-order valence-electron chi connectivity index (χ4n) is 2.00. The van der Waals surface area contributed by atoms with Gasteiger partial charge in [-0.1, -0.05) is 42.5 Å². The largest absolute Gasteiger partial charge is 0.488 e. The van der Waals surface area contributed by atoms with E-state index in [9.17, 15) is 9.90 Å². The SMILES string of the molecule is O=C(O)C(Cc1ccc(B(O)O)cc1)Nc1ccccc1. The smallest absolute Gasteiger partial charge is 0.480 e. The molecular weight excluding hydrogens is 269 g/mol. The van der Waals surface area contributed by atoms with Crippen LogP contribution < -0.4 is 10.8 Å². The van der Waals surface area contributed by atoms with Crippen molar-refractivity contribution in [1.29, 1.82) is 0 Å². The normalized spacial score (nSPS) is 11.7. The van der Waals surface area contributed by atoms with Crippen molar-refractivity contribution in [1.82, 2.24) is 0 Å². The van der Waals surface area contributed by atoms with E-state index in [1.807, 2.05) is 18.2 Å². The van der Waals surface area contributed by atoms with Gasteiger partial charge >= 0.3 is 13.1 Å². The number of anilines is 1. The van der Waals surface area contributed by atoms with Crippen LogP contribution in [-0.2, 0) is 11.2 Å². The molecule has 6 heteroatoms. The first kappa shape index (κ1) is 15.1. The molecule has 2 aromatic carbocycles. The second-order valence-corrected chi connectivity index (χ2v) is 4.72. The second kappa shape index (κ2) is 6.92. The van der Waals surface area contributed by atoms with Gasteiger partial charge in [0.15, 0.2) is 0 Å².